The molecular weight excluding hydrogens is 402 g/mol. The van der Waals surface area contributed by atoms with Crippen molar-refractivity contribution in [1.29, 1.82) is 0 Å². The van der Waals surface area contributed by atoms with Crippen molar-refractivity contribution in [2.75, 3.05) is 7.11 Å². The molecule has 0 saturated heterocycles. The number of aromatic nitrogens is 2. The van der Waals surface area contributed by atoms with Crippen LogP contribution in [0.4, 0.5) is 0 Å². The fourth-order valence-corrected chi connectivity index (χ4v) is 3.48. The van der Waals surface area contributed by atoms with Gasteiger partial charge in [-0.1, -0.05) is 60.7 Å². The van der Waals surface area contributed by atoms with E-state index in [4.69, 9.17) is 4.74 Å². The molecule has 6 nitrogen and oxygen atoms in total. The van der Waals surface area contributed by atoms with Gasteiger partial charge in [-0.15, -0.1) is 0 Å². The van der Waals surface area contributed by atoms with E-state index in [1.165, 1.54) is 6.08 Å². The van der Waals surface area contributed by atoms with Crippen molar-refractivity contribution in [2.45, 2.75) is 13.1 Å². The fourth-order valence-electron chi connectivity index (χ4n) is 3.48. The van der Waals surface area contributed by atoms with Crippen molar-refractivity contribution in [2.24, 2.45) is 0 Å². The largest absolute Gasteiger partial charge is 0.496 e. The first kappa shape index (κ1) is 21.1. The molecular formula is C26H23N3O3. The number of fused-ring (bicyclic) bond motifs is 1. The summed E-state index contributed by atoms with van der Waals surface area (Å²) in [5.41, 5.74) is 2.17. The van der Waals surface area contributed by atoms with Crippen molar-refractivity contribution in [3.8, 4) is 5.75 Å². The molecule has 160 valence electrons. The van der Waals surface area contributed by atoms with E-state index in [2.05, 4.69) is 9.97 Å². The van der Waals surface area contributed by atoms with E-state index in [0.717, 1.165) is 11.1 Å². The average Bonchev–Trinajstić information content (AvgIpc) is 2.83. The quantitative estimate of drug-likeness (QED) is 0.451. The van der Waals surface area contributed by atoms with Crippen LogP contribution in [0.3, 0.4) is 0 Å². The first-order valence-corrected chi connectivity index (χ1v) is 10.3. The zero-order valence-electron chi connectivity index (χ0n) is 17.7. The molecule has 0 saturated carbocycles. The van der Waals surface area contributed by atoms with Crippen LogP contribution in [-0.4, -0.2) is 27.9 Å². The lowest BCUT2D eigenvalue weighted by molar-refractivity contribution is -0.127. The SMILES string of the molecule is COc1ccccc1/C=C/C(=O)N(Cc1ccccc1)Cc1nc2ccccc2c(=O)[nH]1. The maximum atomic E-state index is 13.2. The van der Waals surface area contributed by atoms with Gasteiger partial charge in [-0.3, -0.25) is 9.59 Å². The Morgan fingerprint density at radius 3 is 2.50 bits per heavy atom. The van der Waals surface area contributed by atoms with Gasteiger partial charge < -0.3 is 14.6 Å². The number of nitrogens with one attached hydrogen (secondary N) is 1. The topological polar surface area (TPSA) is 75.3 Å². The van der Waals surface area contributed by atoms with Crippen LogP contribution in [0.1, 0.15) is 17.0 Å². The average molecular weight is 425 g/mol. The Bertz CT molecular complexity index is 1310. The minimum absolute atomic E-state index is 0.171. The number of hydrogen-bond donors (Lipinski definition) is 1. The Balaban J connectivity index is 1.63. The fraction of sp³-hybridized carbons (Fsp3) is 0.115. The molecule has 1 aromatic heterocycles. The van der Waals surface area contributed by atoms with Crippen molar-refractivity contribution in [1.82, 2.24) is 14.9 Å². The van der Waals surface area contributed by atoms with Crippen LogP contribution in [0.15, 0.2) is 89.7 Å². The highest BCUT2D eigenvalue weighted by Gasteiger charge is 2.15. The lowest BCUT2D eigenvalue weighted by atomic mass is 10.1. The normalized spacial score (nSPS) is 11.0. The monoisotopic (exact) mass is 425 g/mol. The molecule has 3 aromatic carbocycles. The number of amides is 1. The van der Waals surface area contributed by atoms with Gasteiger partial charge >= 0.3 is 0 Å². The van der Waals surface area contributed by atoms with Gasteiger partial charge in [-0.2, -0.15) is 0 Å². The standard InChI is InChI=1S/C26H23N3O3/c1-32-23-14-8-5-11-20(23)15-16-25(30)29(17-19-9-3-2-4-10-19)18-24-27-22-13-7-6-12-21(22)26(31)28-24/h2-16H,17-18H2,1H3,(H,27,28,31)/b16-15+. The van der Waals surface area contributed by atoms with Gasteiger partial charge in [0.25, 0.3) is 5.56 Å². The van der Waals surface area contributed by atoms with Crippen LogP contribution in [0.5, 0.6) is 5.75 Å². The molecule has 0 aliphatic carbocycles. The summed E-state index contributed by atoms with van der Waals surface area (Å²) in [7, 11) is 1.60. The Labute approximate surface area is 185 Å². The van der Waals surface area contributed by atoms with E-state index >= 15 is 0 Å². The molecule has 0 fully saturated rings. The number of para-hydroxylation sites is 2. The van der Waals surface area contributed by atoms with Crippen molar-refractivity contribution in [3.63, 3.8) is 0 Å². The molecule has 1 N–H and O–H groups in total. The number of carbonyl (C=O) groups excluding carboxylic acids is 1. The lowest BCUT2D eigenvalue weighted by Crippen LogP contribution is -2.30. The summed E-state index contributed by atoms with van der Waals surface area (Å²) in [4.78, 5) is 34.6. The van der Waals surface area contributed by atoms with Crippen LogP contribution in [0.2, 0.25) is 0 Å². The number of hydrogen-bond acceptors (Lipinski definition) is 4. The molecule has 0 unspecified atom stereocenters. The van der Waals surface area contributed by atoms with E-state index in [9.17, 15) is 9.59 Å². The second kappa shape index (κ2) is 9.75. The predicted octanol–water partition coefficient (Wildman–Crippen LogP) is 4.17. The van der Waals surface area contributed by atoms with Crippen molar-refractivity contribution < 1.29 is 9.53 Å². The number of methoxy groups -OCH3 is 1. The molecule has 0 aliphatic heterocycles. The van der Waals surface area contributed by atoms with Crippen LogP contribution >= 0.6 is 0 Å². The number of ether oxygens (including phenoxy) is 1. The third-order valence-electron chi connectivity index (χ3n) is 5.07. The van der Waals surface area contributed by atoms with Gasteiger partial charge in [-0.25, -0.2) is 4.98 Å². The van der Waals surface area contributed by atoms with Gasteiger partial charge in [-0.05, 0) is 29.8 Å². The molecule has 4 aromatic rings. The number of H-pyrrole nitrogens is 1. The summed E-state index contributed by atoms with van der Waals surface area (Å²) < 4.78 is 5.36. The Hall–Kier alpha value is -4.19. The third kappa shape index (κ3) is 4.92. The third-order valence-corrected chi connectivity index (χ3v) is 5.07. The van der Waals surface area contributed by atoms with Crippen molar-refractivity contribution >= 4 is 22.9 Å². The van der Waals surface area contributed by atoms with E-state index in [1.807, 2.05) is 60.7 Å². The summed E-state index contributed by atoms with van der Waals surface area (Å²) in [5, 5.41) is 0.522. The van der Waals surface area contributed by atoms with Gasteiger partial charge in [0.05, 0.1) is 24.6 Å². The van der Waals surface area contributed by atoms with E-state index in [-0.39, 0.29) is 18.0 Å². The van der Waals surface area contributed by atoms with E-state index < -0.39 is 0 Å². The summed E-state index contributed by atoms with van der Waals surface area (Å²) in [6.07, 6.45) is 3.25. The second-order valence-corrected chi connectivity index (χ2v) is 7.28. The minimum atomic E-state index is -0.220. The van der Waals surface area contributed by atoms with E-state index in [1.54, 1.807) is 36.3 Å². The van der Waals surface area contributed by atoms with Gasteiger partial charge in [0.2, 0.25) is 5.91 Å². The molecule has 32 heavy (non-hydrogen) atoms. The van der Waals surface area contributed by atoms with Crippen LogP contribution in [0.25, 0.3) is 17.0 Å². The summed E-state index contributed by atoms with van der Waals surface area (Å²) in [5.74, 6) is 0.922. The zero-order valence-corrected chi connectivity index (χ0v) is 17.7. The smallest absolute Gasteiger partial charge is 0.258 e. The summed E-state index contributed by atoms with van der Waals surface area (Å²) >= 11 is 0. The molecule has 0 bridgehead atoms. The van der Waals surface area contributed by atoms with Crippen LogP contribution < -0.4 is 10.3 Å². The first-order chi connectivity index (χ1) is 15.6. The molecule has 1 amide bonds. The van der Waals surface area contributed by atoms with Gasteiger partial charge in [0.1, 0.15) is 11.6 Å². The lowest BCUT2D eigenvalue weighted by Gasteiger charge is -2.21. The number of aromatic amines is 1. The summed E-state index contributed by atoms with van der Waals surface area (Å²) in [6, 6.07) is 24.3. The van der Waals surface area contributed by atoms with Crippen LogP contribution in [0, 0.1) is 0 Å². The zero-order chi connectivity index (χ0) is 22.3. The maximum Gasteiger partial charge on any atom is 0.258 e. The Kier molecular flexibility index (Phi) is 6.41. The summed E-state index contributed by atoms with van der Waals surface area (Å²) in [6.45, 7) is 0.552. The van der Waals surface area contributed by atoms with Crippen molar-refractivity contribution in [3.05, 3.63) is 112 Å². The molecule has 0 spiro atoms. The molecule has 4 rings (SSSR count). The minimum Gasteiger partial charge on any atom is -0.496 e. The molecule has 0 atom stereocenters. The maximum absolute atomic E-state index is 13.2. The number of benzene rings is 3. The molecule has 0 radical (unpaired) electrons. The predicted molar refractivity (Wildman–Crippen MR) is 125 cm³/mol. The Morgan fingerprint density at radius 1 is 0.969 bits per heavy atom. The van der Waals surface area contributed by atoms with Gasteiger partial charge in [0.15, 0.2) is 0 Å². The van der Waals surface area contributed by atoms with Crippen LogP contribution in [-0.2, 0) is 17.9 Å². The van der Waals surface area contributed by atoms with Gasteiger partial charge in [0, 0.05) is 18.2 Å². The Morgan fingerprint density at radius 2 is 1.69 bits per heavy atom. The second-order valence-electron chi connectivity index (χ2n) is 7.28. The van der Waals surface area contributed by atoms with E-state index in [0.29, 0.717) is 29.0 Å². The highest BCUT2D eigenvalue weighted by Crippen LogP contribution is 2.19. The highest BCUT2D eigenvalue weighted by molar-refractivity contribution is 5.92. The number of carbonyl (C=O) groups is 1. The molecule has 0 aliphatic rings. The molecule has 6 heteroatoms. The highest BCUT2D eigenvalue weighted by atomic mass is 16.5. The number of nitrogens with zero attached hydrogens (tertiary/aromatic N) is 2. The number of rotatable bonds is 7. The molecule has 1 heterocycles. The first-order valence-electron chi connectivity index (χ1n) is 10.3.